The molecular formula is C23H19N3O5. The van der Waals surface area contributed by atoms with Gasteiger partial charge in [-0.3, -0.25) is 14.9 Å². The number of anilines is 1. The molecule has 4 aromatic rings. The van der Waals surface area contributed by atoms with Gasteiger partial charge in [-0.05, 0) is 49.7 Å². The number of nitrogens with one attached hydrogen (secondary N) is 1. The van der Waals surface area contributed by atoms with Crippen molar-refractivity contribution < 1.29 is 18.9 Å². The number of methoxy groups -OCH3 is 1. The molecule has 0 spiro atoms. The van der Waals surface area contributed by atoms with E-state index in [2.05, 4.69) is 10.3 Å². The highest BCUT2D eigenvalue weighted by Crippen LogP contribution is 2.30. The third-order valence-corrected chi connectivity index (χ3v) is 5.00. The van der Waals surface area contributed by atoms with Crippen molar-refractivity contribution in [3.63, 3.8) is 0 Å². The van der Waals surface area contributed by atoms with E-state index in [1.54, 1.807) is 50.4 Å². The average Bonchev–Trinajstić information content (AvgIpc) is 3.18. The van der Waals surface area contributed by atoms with Gasteiger partial charge in [-0.25, -0.2) is 4.98 Å². The highest BCUT2D eigenvalue weighted by atomic mass is 16.6. The molecule has 0 fully saturated rings. The van der Waals surface area contributed by atoms with Crippen LogP contribution in [0.5, 0.6) is 5.75 Å². The van der Waals surface area contributed by atoms with Gasteiger partial charge in [0.1, 0.15) is 11.3 Å². The van der Waals surface area contributed by atoms with E-state index in [4.69, 9.17) is 9.15 Å². The zero-order valence-electron chi connectivity index (χ0n) is 17.1. The van der Waals surface area contributed by atoms with Gasteiger partial charge in [0.25, 0.3) is 11.6 Å². The fourth-order valence-electron chi connectivity index (χ4n) is 3.19. The van der Waals surface area contributed by atoms with Gasteiger partial charge < -0.3 is 14.5 Å². The van der Waals surface area contributed by atoms with Crippen molar-refractivity contribution in [2.75, 3.05) is 12.4 Å². The lowest BCUT2D eigenvalue weighted by Gasteiger charge is -2.10. The predicted octanol–water partition coefficient (Wildman–Crippen LogP) is 5.28. The van der Waals surface area contributed by atoms with Gasteiger partial charge in [-0.1, -0.05) is 12.1 Å². The molecule has 0 bridgehead atoms. The average molecular weight is 417 g/mol. The Hall–Kier alpha value is -4.20. The minimum atomic E-state index is -0.500. The minimum absolute atomic E-state index is 0.0972. The molecule has 1 aromatic heterocycles. The summed E-state index contributed by atoms with van der Waals surface area (Å²) in [5.74, 6) is 0.645. The zero-order chi connectivity index (χ0) is 22.1. The summed E-state index contributed by atoms with van der Waals surface area (Å²) in [7, 11) is 1.58. The second-order valence-corrected chi connectivity index (χ2v) is 7.09. The van der Waals surface area contributed by atoms with Crippen LogP contribution in [-0.4, -0.2) is 22.9 Å². The summed E-state index contributed by atoms with van der Waals surface area (Å²) in [6.07, 6.45) is 0. The first-order valence-corrected chi connectivity index (χ1v) is 9.47. The van der Waals surface area contributed by atoms with E-state index in [1.165, 1.54) is 6.07 Å². The summed E-state index contributed by atoms with van der Waals surface area (Å²) in [5, 5.41) is 14.0. The fourth-order valence-corrected chi connectivity index (χ4v) is 3.19. The number of aryl methyl sites for hydroxylation is 2. The SMILES string of the molecule is COc1ccc2oc(-c3ccc(C)c(NC(=O)c4ccc(C)c([N+](=O)[O-])c4)c3)nc2c1. The molecule has 8 heteroatoms. The number of fused-ring (bicyclic) bond motifs is 1. The second-order valence-electron chi connectivity index (χ2n) is 7.09. The van der Waals surface area contributed by atoms with Gasteiger partial charge in [-0.2, -0.15) is 0 Å². The highest BCUT2D eigenvalue weighted by Gasteiger charge is 2.17. The van der Waals surface area contributed by atoms with Gasteiger partial charge in [0, 0.05) is 34.5 Å². The summed E-state index contributed by atoms with van der Waals surface area (Å²) < 4.78 is 11.1. The molecule has 0 unspecified atom stereocenters. The molecule has 0 atom stereocenters. The number of nitro groups is 1. The quantitative estimate of drug-likeness (QED) is 0.350. The third-order valence-electron chi connectivity index (χ3n) is 5.00. The van der Waals surface area contributed by atoms with E-state index in [9.17, 15) is 14.9 Å². The summed E-state index contributed by atoms with van der Waals surface area (Å²) in [5.41, 5.74) is 3.96. The molecule has 0 aliphatic rings. The zero-order valence-corrected chi connectivity index (χ0v) is 17.1. The molecule has 1 N–H and O–H groups in total. The fraction of sp³-hybridized carbons (Fsp3) is 0.130. The normalized spacial score (nSPS) is 10.8. The van der Waals surface area contributed by atoms with E-state index < -0.39 is 10.8 Å². The summed E-state index contributed by atoms with van der Waals surface area (Å²) >= 11 is 0. The maximum atomic E-state index is 12.7. The Bertz CT molecular complexity index is 1330. The predicted molar refractivity (Wildman–Crippen MR) is 117 cm³/mol. The Labute approximate surface area is 177 Å². The monoisotopic (exact) mass is 417 g/mol. The van der Waals surface area contributed by atoms with Crippen molar-refractivity contribution in [2.24, 2.45) is 0 Å². The highest BCUT2D eigenvalue weighted by molar-refractivity contribution is 6.05. The van der Waals surface area contributed by atoms with Crippen molar-refractivity contribution in [1.82, 2.24) is 4.98 Å². The first kappa shape index (κ1) is 20.1. The van der Waals surface area contributed by atoms with Crippen LogP contribution >= 0.6 is 0 Å². The molecule has 156 valence electrons. The van der Waals surface area contributed by atoms with E-state index in [-0.39, 0.29) is 11.3 Å². The van der Waals surface area contributed by atoms with Crippen LogP contribution in [0.2, 0.25) is 0 Å². The second kappa shape index (κ2) is 7.91. The Balaban J connectivity index is 1.65. The number of benzene rings is 3. The molecule has 4 rings (SSSR count). The lowest BCUT2D eigenvalue weighted by Crippen LogP contribution is -2.13. The lowest BCUT2D eigenvalue weighted by atomic mass is 10.1. The number of hydrogen-bond acceptors (Lipinski definition) is 6. The molecule has 3 aromatic carbocycles. The molecule has 0 saturated carbocycles. The first-order valence-electron chi connectivity index (χ1n) is 9.47. The lowest BCUT2D eigenvalue weighted by molar-refractivity contribution is -0.385. The maximum Gasteiger partial charge on any atom is 0.273 e. The molecule has 0 saturated heterocycles. The van der Waals surface area contributed by atoms with Crippen LogP contribution in [0.1, 0.15) is 21.5 Å². The van der Waals surface area contributed by atoms with Gasteiger partial charge in [0.15, 0.2) is 5.58 Å². The van der Waals surface area contributed by atoms with Crippen LogP contribution in [0.3, 0.4) is 0 Å². The number of carbonyl (C=O) groups is 1. The van der Waals surface area contributed by atoms with Crippen molar-refractivity contribution in [2.45, 2.75) is 13.8 Å². The Morgan fingerprint density at radius 2 is 1.84 bits per heavy atom. The van der Waals surface area contributed by atoms with E-state index in [0.717, 1.165) is 5.56 Å². The smallest absolute Gasteiger partial charge is 0.273 e. The van der Waals surface area contributed by atoms with E-state index in [1.807, 2.05) is 19.1 Å². The molecule has 31 heavy (non-hydrogen) atoms. The Morgan fingerprint density at radius 3 is 2.58 bits per heavy atom. The van der Waals surface area contributed by atoms with Gasteiger partial charge >= 0.3 is 0 Å². The number of nitro benzene ring substituents is 1. The standard InChI is InChI=1S/C23H19N3O5/c1-13-4-7-16(23-25-19-12-17(30-3)8-9-21(19)31-23)10-18(13)24-22(27)15-6-5-14(2)20(11-15)26(28)29/h4-12H,1-3H3,(H,24,27). The number of ether oxygens (including phenoxy) is 1. The Kier molecular flexibility index (Phi) is 5.12. The van der Waals surface area contributed by atoms with E-state index >= 15 is 0 Å². The number of nitrogens with zero attached hydrogens (tertiary/aromatic N) is 2. The van der Waals surface area contributed by atoms with Crippen molar-refractivity contribution in [1.29, 1.82) is 0 Å². The van der Waals surface area contributed by atoms with Crippen LogP contribution in [0, 0.1) is 24.0 Å². The molecule has 1 amide bonds. The van der Waals surface area contributed by atoms with Crippen LogP contribution in [0.25, 0.3) is 22.6 Å². The topological polar surface area (TPSA) is 108 Å². The number of rotatable bonds is 5. The van der Waals surface area contributed by atoms with Crippen LogP contribution < -0.4 is 10.1 Å². The molecular weight excluding hydrogens is 398 g/mol. The summed E-state index contributed by atoms with van der Waals surface area (Å²) in [6, 6.07) is 15.2. The minimum Gasteiger partial charge on any atom is -0.497 e. The summed E-state index contributed by atoms with van der Waals surface area (Å²) in [6.45, 7) is 3.48. The molecule has 8 nitrogen and oxygen atoms in total. The molecule has 0 aliphatic heterocycles. The van der Waals surface area contributed by atoms with Crippen molar-refractivity contribution in [3.05, 3.63) is 81.4 Å². The number of aromatic nitrogens is 1. The first-order chi connectivity index (χ1) is 14.9. The molecule has 1 heterocycles. The Morgan fingerprint density at radius 1 is 1.06 bits per heavy atom. The van der Waals surface area contributed by atoms with Crippen LogP contribution in [-0.2, 0) is 0 Å². The van der Waals surface area contributed by atoms with E-state index in [0.29, 0.717) is 39.6 Å². The van der Waals surface area contributed by atoms with Crippen LogP contribution in [0.15, 0.2) is 59.0 Å². The number of oxazole rings is 1. The summed E-state index contributed by atoms with van der Waals surface area (Å²) in [4.78, 5) is 27.9. The van der Waals surface area contributed by atoms with Crippen molar-refractivity contribution in [3.8, 4) is 17.2 Å². The van der Waals surface area contributed by atoms with Gasteiger partial charge in [0.05, 0.1) is 12.0 Å². The van der Waals surface area contributed by atoms with Crippen LogP contribution in [0.4, 0.5) is 11.4 Å². The number of hydrogen-bond donors (Lipinski definition) is 1. The van der Waals surface area contributed by atoms with Gasteiger partial charge in [-0.15, -0.1) is 0 Å². The molecule has 0 aliphatic carbocycles. The maximum absolute atomic E-state index is 12.7. The third kappa shape index (κ3) is 3.95. The van der Waals surface area contributed by atoms with Gasteiger partial charge in [0.2, 0.25) is 5.89 Å². The number of carbonyl (C=O) groups excluding carboxylic acids is 1. The van der Waals surface area contributed by atoms with Crippen molar-refractivity contribution >= 4 is 28.4 Å². The molecule has 0 radical (unpaired) electrons. The largest absolute Gasteiger partial charge is 0.497 e. The number of amides is 1.